The summed E-state index contributed by atoms with van der Waals surface area (Å²) in [6, 6.07) is 14.1. The van der Waals surface area contributed by atoms with Crippen LogP contribution in [0.5, 0.6) is 0 Å². The smallest absolute Gasteiger partial charge is 0.183 e. The van der Waals surface area contributed by atoms with Crippen molar-refractivity contribution in [1.29, 1.82) is 5.26 Å². The zero-order valence-electron chi connectivity index (χ0n) is 12.2. The lowest BCUT2D eigenvalue weighted by molar-refractivity contribution is -0.110. The van der Waals surface area contributed by atoms with Gasteiger partial charge in [0, 0.05) is 16.0 Å². The first-order valence-corrected chi connectivity index (χ1v) is 9.29. The Bertz CT molecular complexity index is 951. The summed E-state index contributed by atoms with van der Waals surface area (Å²) in [5.74, 6) is -0.751. The summed E-state index contributed by atoms with van der Waals surface area (Å²) in [7, 11) is -3.88. The molecular formula is C17H11Cl2NO3S. The number of carbonyl (C=O) groups is 1. The van der Waals surface area contributed by atoms with E-state index in [1.54, 1.807) is 24.3 Å². The number of nitrogens with zero attached hydrogens (tertiary/aromatic N) is 1. The third-order valence-corrected chi connectivity index (χ3v) is 7.00. The zero-order valence-corrected chi connectivity index (χ0v) is 14.5. The Morgan fingerprint density at radius 1 is 1.08 bits per heavy atom. The maximum absolute atomic E-state index is 12.9. The molecule has 0 spiro atoms. The summed E-state index contributed by atoms with van der Waals surface area (Å²) < 4.78 is 25.8. The maximum atomic E-state index is 12.9. The average Bonchev–Trinajstić information content (AvgIpc) is 3.26. The van der Waals surface area contributed by atoms with E-state index in [9.17, 15) is 18.5 Å². The molecule has 0 N–H and O–H groups in total. The SMILES string of the molecule is N#C[C@]1(C=O)[C@H](c2cccc(Cl)c2)[C@H]1S(=O)(=O)c1ccc(Cl)cc1. The number of aldehydes is 1. The molecule has 1 fully saturated rings. The first-order chi connectivity index (χ1) is 11.4. The highest BCUT2D eigenvalue weighted by molar-refractivity contribution is 7.92. The molecule has 0 saturated heterocycles. The predicted octanol–water partition coefficient (Wildman–Crippen LogP) is 3.64. The van der Waals surface area contributed by atoms with Crippen molar-refractivity contribution in [1.82, 2.24) is 0 Å². The van der Waals surface area contributed by atoms with Crippen LogP contribution in [0.4, 0.5) is 0 Å². The van der Waals surface area contributed by atoms with E-state index < -0.39 is 26.4 Å². The topological polar surface area (TPSA) is 75.0 Å². The highest BCUT2D eigenvalue weighted by Gasteiger charge is 2.72. The largest absolute Gasteiger partial charge is 0.302 e. The van der Waals surface area contributed by atoms with Crippen molar-refractivity contribution in [3.63, 3.8) is 0 Å². The van der Waals surface area contributed by atoms with E-state index in [0.29, 0.717) is 21.9 Å². The fourth-order valence-electron chi connectivity index (χ4n) is 3.03. The number of benzene rings is 2. The molecule has 1 aliphatic rings. The summed E-state index contributed by atoms with van der Waals surface area (Å²) in [6.07, 6.45) is 0.427. The molecule has 1 aliphatic carbocycles. The third kappa shape index (κ3) is 2.51. The molecular weight excluding hydrogens is 369 g/mol. The van der Waals surface area contributed by atoms with E-state index in [0.717, 1.165) is 0 Å². The Hall–Kier alpha value is -1.87. The molecule has 3 rings (SSSR count). The van der Waals surface area contributed by atoms with Crippen molar-refractivity contribution in [3.8, 4) is 6.07 Å². The van der Waals surface area contributed by atoms with Crippen molar-refractivity contribution in [3.05, 3.63) is 64.1 Å². The van der Waals surface area contributed by atoms with Gasteiger partial charge in [-0.25, -0.2) is 8.42 Å². The van der Waals surface area contributed by atoms with Crippen LogP contribution in [0.15, 0.2) is 53.4 Å². The molecule has 0 radical (unpaired) electrons. The minimum atomic E-state index is -3.88. The summed E-state index contributed by atoms with van der Waals surface area (Å²) in [6.45, 7) is 0. The lowest BCUT2D eigenvalue weighted by atomic mass is 10.0. The van der Waals surface area contributed by atoms with Gasteiger partial charge in [-0.05, 0) is 42.0 Å². The first kappa shape index (κ1) is 17.0. The van der Waals surface area contributed by atoms with Gasteiger partial charge in [-0.2, -0.15) is 5.26 Å². The highest BCUT2D eigenvalue weighted by atomic mass is 35.5. The van der Waals surface area contributed by atoms with Gasteiger partial charge in [-0.1, -0.05) is 35.3 Å². The van der Waals surface area contributed by atoms with Crippen molar-refractivity contribution < 1.29 is 13.2 Å². The van der Waals surface area contributed by atoms with Gasteiger partial charge < -0.3 is 4.79 Å². The number of nitriles is 1. The van der Waals surface area contributed by atoms with Gasteiger partial charge >= 0.3 is 0 Å². The Labute approximate surface area is 149 Å². The van der Waals surface area contributed by atoms with Gasteiger partial charge in [0.05, 0.1) is 11.0 Å². The van der Waals surface area contributed by atoms with Crippen LogP contribution < -0.4 is 0 Å². The second-order valence-electron chi connectivity index (χ2n) is 5.61. The molecule has 3 atom stereocenters. The van der Waals surface area contributed by atoms with Gasteiger partial charge in [0.2, 0.25) is 0 Å². The molecule has 7 heteroatoms. The number of hydrogen-bond acceptors (Lipinski definition) is 4. The molecule has 0 aliphatic heterocycles. The van der Waals surface area contributed by atoms with Crippen LogP contribution in [0.2, 0.25) is 10.0 Å². The Balaban J connectivity index is 2.10. The van der Waals surface area contributed by atoms with Crippen molar-refractivity contribution in [2.24, 2.45) is 5.41 Å². The summed E-state index contributed by atoms with van der Waals surface area (Å²) in [5, 5.41) is 9.15. The Morgan fingerprint density at radius 2 is 1.75 bits per heavy atom. The van der Waals surface area contributed by atoms with E-state index in [1.165, 1.54) is 24.3 Å². The van der Waals surface area contributed by atoms with E-state index in [-0.39, 0.29) is 4.90 Å². The second kappa shape index (κ2) is 5.89. The number of hydrogen-bond donors (Lipinski definition) is 0. The van der Waals surface area contributed by atoms with Gasteiger partial charge in [-0.15, -0.1) is 0 Å². The van der Waals surface area contributed by atoms with E-state index in [4.69, 9.17) is 23.2 Å². The van der Waals surface area contributed by atoms with Crippen LogP contribution in [0, 0.1) is 16.7 Å². The van der Waals surface area contributed by atoms with Crippen molar-refractivity contribution in [2.45, 2.75) is 16.1 Å². The summed E-state index contributed by atoms with van der Waals surface area (Å²) in [4.78, 5) is 11.6. The number of carbonyl (C=O) groups excluding carboxylic acids is 1. The standard InChI is InChI=1S/C17H11Cl2NO3S/c18-12-4-6-14(7-5-12)24(22,23)16-15(17(16,9-20)10-21)11-2-1-3-13(19)8-11/h1-8,10,15-16H/t15-,16-,17+/m1/s1. The number of rotatable bonds is 4. The van der Waals surface area contributed by atoms with Crippen LogP contribution in [0.25, 0.3) is 0 Å². The van der Waals surface area contributed by atoms with Gasteiger partial charge in [-0.3, -0.25) is 0 Å². The molecule has 0 amide bonds. The molecule has 0 bridgehead atoms. The van der Waals surface area contributed by atoms with Gasteiger partial charge in [0.15, 0.2) is 9.84 Å². The van der Waals surface area contributed by atoms with Crippen molar-refractivity contribution >= 4 is 39.3 Å². The molecule has 122 valence electrons. The lowest BCUT2D eigenvalue weighted by Crippen LogP contribution is -2.16. The second-order valence-corrected chi connectivity index (χ2v) is 8.56. The number of halogens is 2. The zero-order chi connectivity index (χ0) is 17.5. The molecule has 2 aromatic carbocycles. The molecule has 0 heterocycles. The average molecular weight is 380 g/mol. The third-order valence-electron chi connectivity index (χ3n) is 4.25. The Kier molecular flexibility index (Phi) is 4.16. The fourth-order valence-corrected chi connectivity index (χ4v) is 5.60. The van der Waals surface area contributed by atoms with Crippen LogP contribution in [-0.2, 0) is 14.6 Å². The molecule has 24 heavy (non-hydrogen) atoms. The van der Waals surface area contributed by atoms with Gasteiger partial charge in [0.25, 0.3) is 0 Å². The minimum absolute atomic E-state index is 0.0305. The molecule has 4 nitrogen and oxygen atoms in total. The van der Waals surface area contributed by atoms with Crippen LogP contribution >= 0.6 is 23.2 Å². The quantitative estimate of drug-likeness (QED) is 0.759. The first-order valence-electron chi connectivity index (χ1n) is 6.99. The van der Waals surface area contributed by atoms with E-state index in [1.807, 2.05) is 6.07 Å². The predicted molar refractivity (Wildman–Crippen MR) is 90.7 cm³/mol. The van der Waals surface area contributed by atoms with Crippen LogP contribution in [0.3, 0.4) is 0 Å². The van der Waals surface area contributed by atoms with Crippen LogP contribution in [-0.4, -0.2) is 20.0 Å². The van der Waals surface area contributed by atoms with Gasteiger partial charge in [0.1, 0.15) is 17.0 Å². The van der Waals surface area contributed by atoms with Crippen molar-refractivity contribution in [2.75, 3.05) is 0 Å². The van der Waals surface area contributed by atoms with E-state index >= 15 is 0 Å². The minimum Gasteiger partial charge on any atom is -0.302 e. The molecule has 1 saturated carbocycles. The molecule has 2 aromatic rings. The van der Waals surface area contributed by atoms with E-state index in [2.05, 4.69) is 0 Å². The maximum Gasteiger partial charge on any atom is 0.183 e. The summed E-state index contributed by atoms with van der Waals surface area (Å²) >= 11 is 11.7. The monoisotopic (exact) mass is 379 g/mol. The highest BCUT2D eigenvalue weighted by Crippen LogP contribution is 2.62. The normalized spacial score (nSPS) is 25.7. The lowest BCUT2D eigenvalue weighted by Gasteiger charge is -2.04. The molecule has 0 unspecified atom stereocenters. The molecule has 0 aromatic heterocycles. The Morgan fingerprint density at radius 3 is 2.29 bits per heavy atom. The summed E-state index contributed by atoms with van der Waals surface area (Å²) in [5.41, 5.74) is -1.05. The van der Waals surface area contributed by atoms with Crippen LogP contribution in [0.1, 0.15) is 11.5 Å². The fraction of sp³-hybridized carbons (Fsp3) is 0.176. The number of sulfone groups is 1.